The van der Waals surface area contributed by atoms with E-state index in [1.165, 1.54) is 40.8 Å². The molecule has 6 rings (SSSR count). The molecule has 0 bridgehead atoms. The van der Waals surface area contributed by atoms with Gasteiger partial charge in [-0.3, -0.25) is 23.7 Å². The van der Waals surface area contributed by atoms with Crippen LogP contribution >= 0.6 is 23.1 Å². The van der Waals surface area contributed by atoms with Gasteiger partial charge < -0.3 is 14.8 Å². The number of aromatic nitrogens is 1. The van der Waals surface area contributed by atoms with E-state index in [0.29, 0.717) is 32.8 Å². The normalized spacial score (nSPS) is 19.3. The molecule has 1 saturated heterocycles. The Morgan fingerprint density at radius 1 is 0.881 bits per heavy atom. The zero-order valence-electron chi connectivity index (χ0n) is 22.4. The average molecular weight is 606 g/mol. The number of anilines is 2. The average Bonchev–Trinajstić information content (AvgIpc) is 3.44. The number of ether oxygens (including phenoxy) is 2. The molecular formula is C30H24FN3O6S2. The molecule has 214 valence electrons. The van der Waals surface area contributed by atoms with Crippen molar-refractivity contribution in [1.82, 2.24) is 4.57 Å². The van der Waals surface area contributed by atoms with Crippen molar-refractivity contribution in [2.45, 2.75) is 22.7 Å². The van der Waals surface area contributed by atoms with Crippen molar-refractivity contribution in [3.8, 4) is 11.5 Å². The fourth-order valence-corrected chi connectivity index (χ4v) is 8.06. The molecule has 1 fully saturated rings. The standard InChI is InChI=1S/C30H24FN3O6S2/c1-39-20-11-3-16(4-12-20)23-24-25(28(37)34(27(24)36)19-9-13-21(40-2)14-10-19)41-29-26(23)42-30(38)33(29)15-22(35)32-18-7-5-17(31)6-8-18/h3-14,23-25H,15H2,1-2H3,(H,32,35). The first-order chi connectivity index (χ1) is 20.3. The maximum atomic E-state index is 14.0. The molecule has 9 nitrogen and oxygen atoms in total. The Balaban J connectivity index is 1.40. The lowest BCUT2D eigenvalue weighted by atomic mass is 9.83. The largest absolute Gasteiger partial charge is 0.497 e. The summed E-state index contributed by atoms with van der Waals surface area (Å²) in [6.45, 7) is -0.313. The second-order valence-corrected chi connectivity index (χ2v) is 11.8. The maximum Gasteiger partial charge on any atom is 0.308 e. The third kappa shape index (κ3) is 4.86. The van der Waals surface area contributed by atoms with Crippen LogP contribution in [0.2, 0.25) is 0 Å². The molecular weight excluding hydrogens is 581 g/mol. The van der Waals surface area contributed by atoms with Gasteiger partial charge in [-0.1, -0.05) is 35.2 Å². The Labute approximate surface area is 247 Å². The van der Waals surface area contributed by atoms with Crippen molar-refractivity contribution in [2.24, 2.45) is 5.92 Å². The van der Waals surface area contributed by atoms with Crippen LogP contribution < -0.4 is 24.6 Å². The van der Waals surface area contributed by atoms with Gasteiger partial charge in [0.2, 0.25) is 17.7 Å². The van der Waals surface area contributed by atoms with Gasteiger partial charge in [-0.2, -0.15) is 0 Å². The lowest BCUT2D eigenvalue weighted by molar-refractivity contribution is -0.122. The number of hydrogen-bond donors (Lipinski definition) is 1. The van der Waals surface area contributed by atoms with E-state index in [1.54, 1.807) is 43.5 Å². The summed E-state index contributed by atoms with van der Waals surface area (Å²) in [5.41, 5.74) is 1.55. The summed E-state index contributed by atoms with van der Waals surface area (Å²) in [5, 5.41) is 2.33. The molecule has 1 aromatic heterocycles. The summed E-state index contributed by atoms with van der Waals surface area (Å²) in [7, 11) is 3.08. The van der Waals surface area contributed by atoms with Crippen LogP contribution in [0.3, 0.4) is 0 Å². The van der Waals surface area contributed by atoms with Crippen LogP contribution in [-0.2, 0) is 20.9 Å². The number of thiazole rings is 1. The molecule has 0 spiro atoms. The van der Waals surface area contributed by atoms with Crippen LogP contribution in [0, 0.1) is 11.7 Å². The first-order valence-electron chi connectivity index (χ1n) is 12.9. The number of fused-ring (bicyclic) bond motifs is 2. The minimum atomic E-state index is -0.820. The number of benzene rings is 3. The van der Waals surface area contributed by atoms with Crippen molar-refractivity contribution in [3.63, 3.8) is 0 Å². The number of halogens is 1. The smallest absolute Gasteiger partial charge is 0.308 e. The molecule has 3 amide bonds. The number of carbonyl (C=O) groups excluding carboxylic acids is 3. The SMILES string of the molecule is COc1ccc(C2c3sc(=O)n(CC(=O)Nc4ccc(F)cc4)c3SC3C(=O)N(c4ccc(OC)cc4)C(=O)C32)cc1. The second kappa shape index (κ2) is 11.1. The Bertz CT molecular complexity index is 1730. The molecule has 3 heterocycles. The number of nitrogens with zero attached hydrogens (tertiary/aromatic N) is 2. The van der Waals surface area contributed by atoms with Gasteiger partial charge in [-0.05, 0) is 66.2 Å². The number of methoxy groups -OCH3 is 2. The number of hydrogen-bond acceptors (Lipinski definition) is 8. The lowest BCUT2D eigenvalue weighted by Crippen LogP contribution is -2.33. The summed E-state index contributed by atoms with van der Waals surface area (Å²) in [6.07, 6.45) is 0. The number of nitrogens with one attached hydrogen (secondary N) is 1. The highest BCUT2D eigenvalue weighted by atomic mass is 32.2. The molecule has 4 aromatic rings. The predicted molar refractivity (Wildman–Crippen MR) is 157 cm³/mol. The van der Waals surface area contributed by atoms with E-state index < -0.39 is 34.7 Å². The van der Waals surface area contributed by atoms with Gasteiger partial charge in [-0.15, -0.1) is 0 Å². The van der Waals surface area contributed by atoms with E-state index in [-0.39, 0.29) is 17.3 Å². The number of amides is 3. The molecule has 3 atom stereocenters. The fraction of sp³-hybridized carbons (Fsp3) is 0.200. The number of rotatable bonds is 7. The van der Waals surface area contributed by atoms with Crippen LogP contribution in [0.1, 0.15) is 16.4 Å². The highest BCUT2D eigenvalue weighted by Crippen LogP contribution is 2.54. The van der Waals surface area contributed by atoms with E-state index in [2.05, 4.69) is 5.32 Å². The number of carbonyl (C=O) groups is 3. The van der Waals surface area contributed by atoms with Gasteiger partial charge in [0.1, 0.15) is 29.1 Å². The van der Waals surface area contributed by atoms with Crippen molar-refractivity contribution in [3.05, 3.63) is 98.7 Å². The number of imide groups is 1. The maximum absolute atomic E-state index is 14.0. The lowest BCUT2D eigenvalue weighted by Gasteiger charge is -2.30. The zero-order chi connectivity index (χ0) is 29.5. The van der Waals surface area contributed by atoms with E-state index in [0.717, 1.165) is 28.7 Å². The molecule has 2 aliphatic heterocycles. The molecule has 2 aliphatic rings. The minimum Gasteiger partial charge on any atom is -0.497 e. The van der Waals surface area contributed by atoms with Gasteiger partial charge >= 0.3 is 4.87 Å². The van der Waals surface area contributed by atoms with Gasteiger partial charge in [0.15, 0.2) is 0 Å². The van der Waals surface area contributed by atoms with E-state index in [1.807, 2.05) is 12.1 Å². The van der Waals surface area contributed by atoms with Crippen molar-refractivity contribution in [2.75, 3.05) is 24.4 Å². The third-order valence-corrected chi connectivity index (χ3v) is 9.89. The Kier molecular flexibility index (Phi) is 7.33. The highest BCUT2D eigenvalue weighted by molar-refractivity contribution is 8.00. The summed E-state index contributed by atoms with van der Waals surface area (Å²) in [5.74, 6) is -1.85. The second-order valence-electron chi connectivity index (χ2n) is 9.70. The van der Waals surface area contributed by atoms with Crippen LogP contribution in [0.15, 0.2) is 82.6 Å². The molecule has 0 saturated carbocycles. The zero-order valence-corrected chi connectivity index (χ0v) is 24.0. The molecule has 3 unspecified atom stereocenters. The molecule has 42 heavy (non-hydrogen) atoms. The van der Waals surface area contributed by atoms with E-state index in [4.69, 9.17) is 9.47 Å². The van der Waals surface area contributed by atoms with E-state index >= 15 is 0 Å². The van der Waals surface area contributed by atoms with Crippen LogP contribution in [-0.4, -0.2) is 41.8 Å². The van der Waals surface area contributed by atoms with Crippen LogP contribution in [0.4, 0.5) is 15.8 Å². The van der Waals surface area contributed by atoms with Gasteiger partial charge in [0, 0.05) is 16.5 Å². The Hall–Kier alpha value is -4.42. The van der Waals surface area contributed by atoms with Crippen LogP contribution in [0.25, 0.3) is 0 Å². The highest BCUT2D eigenvalue weighted by Gasteiger charge is 2.56. The van der Waals surface area contributed by atoms with Crippen molar-refractivity contribution < 1.29 is 28.2 Å². The molecule has 0 radical (unpaired) electrons. The van der Waals surface area contributed by atoms with Crippen LogP contribution in [0.5, 0.6) is 11.5 Å². The fourth-order valence-electron chi connectivity index (χ4n) is 5.29. The van der Waals surface area contributed by atoms with Gasteiger partial charge in [0.05, 0.1) is 30.9 Å². The topological polar surface area (TPSA) is 107 Å². The third-order valence-electron chi connectivity index (χ3n) is 7.28. The molecule has 3 aromatic carbocycles. The molecule has 12 heteroatoms. The van der Waals surface area contributed by atoms with Crippen molar-refractivity contribution >= 4 is 52.2 Å². The first kappa shape index (κ1) is 27.7. The Morgan fingerprint density at radius 3 is 2.12 bits per heavy atom. The quantitative estimate of drug-likeness (QED) is 0.309. The minimum absolute atomic E-state index is 0.313. The van der Waals surface area contributed by atoms with Gasteiger partial charge in [0.25, 0.3) is 0 Å². The number of thioether (sulfide) groups is 1. The summed E-state index contributed by atoms with van der Waals surface area (Å²) in [4.78, 5) is 55.5. The summed E-state index contributed by atoms with van der Waals surface area (Å²) in [6, 6.07) is 19.2. The molecule has 1 N–H and O–H groups in total. The molecule has 0 aliphatic carbocycles. The first-order valence-corrected chi connectivity index (χ1v) is 14.6. The monoisotopic (exact) mass is 605 g/mol. The summed E-state index contributed by atoms with van der Waals surface area (Å²) < 4.78 is 25.2. The summed E-state index contributed by atoms with van der Waals surface area (Å²) >= 11 is 2.09. The van der Waals surface area contributed by atoms with Gasteiger partial charge in [-0.25, -0.2) is 9.29 Å². The van der Waals surface area contributed by atoms with Crippen molar-refractivity contribution in [1.29, 1.82) is 0 Å². The van der Waals surface area contributed by atoms with E-state index in [9.17, 15) is 23.6 Å². The Morgan fingerprint density at radius 2 is 1.50 bits per heavy atom. The predicted octanol–water partition coefficient (Wildman–Crippen LogP) is 4.50.